The van der Waals surface area contributed by atoms with Crippen molar-refractivity contribution in [1.29, 1.82) is 0 Å². The van der Waals surface area contributed by atoms with E-state index in [0.29, 0.717) is 42.0 Å². The van der Waals surface area contributed by atoms with Crippen LogP contribution in [0.25, 0.3) is 11.0 Å². The van der Waals surface area contributed by atoms with Crippen LogP contribution in [0.2, 0.25) is 0 Å². The maximum Gasteiger partial charge on any atom is 0.407 e. The predicted molar refractivity (Wildman–Crippen MR) is 162 cm³/mol. The minimum Gasteiger partial charge on any atom is -0.444 e. The van der Waals surface area contributed by atoms with Crippen molar-refractivity contribution < 1.29 is 19.1 Å². The Morgan fingerprint density at radius 3 is 2.32 bits per heavy atom. The third kappa shape index (κ3) is 9.48. The van der Waals surface area contributed by atoms with Gasteiger partial charge in [0.1, 0.15) is 11.6 Å². The molecule has 1 fully saturated rings. The molecule has 0 aliphatic heterocycles. The molecule has 10 nitrogen and oxygen atoms in total. The van der Waals surface area contributed by atoms with Crippen LogP contribution < -0.4 is 21.6 Å². The number of carbonyl (C=O) groups excluding carboxylic acids is 3. The smallest absolute Gasteiger partial charge is 0.407 e. The van der Waals surface area contributed by atoms with Gasteiger partial charge in [-0.2, -0.15) is 0 Å². The SMILES string of the molecule is CC(C)(C)OC(=O)NCC1CCC(CC(=O)NC(Cc2ccc(Br)cc2)C(=O)Nc2ccc3[nH]c(=O)[nH]c3c2)CC1. The second kappa shape index (κ2) is 13.4. The van der Waals surface area contributed by atoms with Crippen molar-refractivity contribution in [1.82, 2.24) is 20.6 Å². The quantitative estimate of drug-likeness (QED) is 0.226. The van der Waals surface area contributed by atoms with Crippen LogP contribution in [0, 0.1) is 11.8 Å². The van der Waals surface area contributed by atoms with Gasteiger partial charge < -0.3 is 30.7 Å². The van der Waals surface area contributed by atoms with E-state index in [-0.39, 0.29) is 23.4 Å². The molecule has 4 rings (SSSR count). The minimum absolute atomic E-state index is 0.164. The number of alkyl carbamates (subject to hydrolysis) is 1. The summed E-state index contributed by atoms with van der Waals surface area (Å²) in [5.74, 6) is 0.0699. The molecule has 2 aromatic carbocycles. The maximum absolute atomic E-state index is 13.4. The van der Waals surface area contributed by atoms with E-state index in [1.54, 1.807) is 18.2 Å². The predicted octanol–water partition coefficient (Wildman–Crippen LogP) is 5.01. The summed E-state index contributed by atoms with van der Waals surface area (Å²) in [6, 6.07) is 12.0. The highest BCUT2D eigenvalue weighted by molar-refractivity contribution is 9.10. The number of hydrogen-bond donors (Lipinski definition) is 5. The molecular formula is C30H38BrN5O5. The van der Waals surface area contributed by atoms with E-state index in [1.807, 2.05) is 45.0 Å². The first-order valence-electron chi connectivity index (χ1n) is 14.0. The molecule has 0 bridgehead atoms. The van der Waals surface area contributed by atoms with Crippen LogP contribution in [0.1, 0.15) is 58.4 Å². The molecule has 1 atom stereocenters. The lowest BCUT2D eigenvalue weighted by Crippen LogP contribution is -2.45. The number of nitrogens with one attached hydrogen (secondary N) is 5. The molecule has 0 radical (unpaired) electrons. The summed E-state index contributed by atoms with van der Waals surface area (Å²) in [6.45, 7) is 6.07. The first-order chi connectivity index (χ1) is 19.4. The number of carbonyl (C=O) groups is 3. The van der Waals surface area contributed by atoms with Crippen LogP contribution in [-0.2, 0) is 20.7 Å². The third-order valence-corrected chi connectivity index (χ3v) is 7.69. The van der Waals surface area contributed by atoms with Gasteiger partial charge in [0.2, 0.25) is 11.8 Å². The van der Waals surface area contributed by atoms with Gasteiger partial charge >= 0.3 is 11.8 Å². The Bertz CT molecular complexity index is 1420. The molecule has 1 aromatic heterocycles. The zero-order valence-corrected chi connectivity index (χ0v) is 25.2. The first kappa shape index (κ1) is 30.4. The zero-order valence-electron chi connectivity index (χ0n) is 23.6. The van der Waals surface area contributed by atoms with Crippen LogP contribution >= 0.6 is 15.9 Å². The number of halogens is 1. The highest BCUT2D eigenvalue weighted by Crippen LogP contribution is 2.30. The monoisotopic (exact) mass is 627 g/mol. The van der Waals surface area contributed by atoms with Gasteiger partial charge in [-0.05, 0) is 94.2 Å². The molecule has 0 spiro atoms. The molecule has 3 aromatic rings. The molecule has 220 valence electrons. The Balaban J connectivity index is 1.32. The number of rotatable bonds is 9. The fourth-order valence-corrected chi connectivity index (χ4v) is 5.37. The number of aromatic nitrogens is 2. The molecular weight excluding hydrogens is 590 g/mol. The van der Waals surface area contributed by atoms with Gasteiger partial charge in [-0.25, -0.2) is 9.59 Å². The average Bonchev–Trinajstić information content (AvgIpc) is 3.27. The summed E-state index contributed by atoms with van der Waals surface area (Å²) < 4.78 is 6.24. The number of imidazole rings is 1. The second-order valence-electron chi connectivity index (χ2n) is 11.8. The van der Waals surface area contributed by atoms with Crippen LogP contribution in [0.3, 0.4) is 0 Å². The number of aromatic amines is 2. The van der Waals surface area contributed by atoms with Crippen molar-refractivity contribution in [2.24, 2.45) is 11.8 Å². The number of fused-ring (bicyclic) bond motifs is 1. The van der Waals surface area contributed by atoms with E-state index in [0.717, 1.165) is 35.7 Å². The van der Waals surface area contributed by atoms with Gasteiger partial charge in [-0.15, -0.1) is 0 Å². The van der Waals surface area contributed by atoms with Crippen molar-refractivity contribution in [3.8, 4) is 0 Å². The lowest BCUT2D eigenvalue weighted by Gasteiger charge is -2.29. The number of anilines is 1. The number of H-pyrrole nitrogens is 2. The van der Waals surface area contributed by atoms with Crippen molar-refractivity contribution >= 4 is 50.6 Å². The third-order valence-electron chi connectivity index (χ3n) is 7.16. The standard InChI is InChI=1S/C30H38BrN5O5/c1-30(2,3)41-29(40)32-17-20-6-4-19(5-7-20)15-26(37)34-25(14-18-8-10-21(31)11-9-18)27(38)33-22-12-13-23-24(16-22)36-28(39)35-23/h8-13,16,19-20,25H,4-7,14-15,17H2,1-3H3,(H,32,40)(H,33,38)(H,34,37)(H2,35,36,39). The van der Waals surface area contributed by atoms with Crippen LogP contribution in [0.4, 0.5) is 10.5 Å². The van der Waals surface area contributed by atoms with E-state index >= 15 is 0 Å². The Morgan fingerprint density at radius 2 is 1.63 bits per heavy atom. The fraction of sp³-hybridized carbons (Fsp3) is 0.467. The summed E-state index contributed by atoms with van der Waals surface area (Å²) >= 11 is 3.43. The average molecular weight is 629 g/mol. The van der Waals surface area contributed by atoms with Gasteiger partial charge in [-0.1, -0.05) is 28.1 Å². The van der Waals surface area contributed by atoms with Gasteiger partial charge in [0, 0.05) is 29.5 Å². The number of ether oxygens (including phenoxy) is 1. The van der Waals surface area contributed by atoms with Crippen LogP contribution in [0.5, 0.6) is 0 Å². The molecule has 1 heterocycles. The van der Waals surface area contributed by atoms with Crippen molar-refractivity contribution in [3.05, 3.63) is 63.0 Å². The molecule has 1 unspecified atom stereocenters. The number of benzene rings is 2. The molecule has 5 N–H and O–H groups in total. The van der Waals surface area contributed by atoms with Crippen LogP contribution in [-0.4, -0.2) is 46.1 Å². The topological polar surface area (TPSA) is 145 Å². The van der Waals surface area contributed by atoms with Gasteiger partial charge in [0.25, 0.3) is 0 Å². The largest absolute Gasteiger partial charge is 0.444 e. The minimum atomic E-state index is -0.779. The second-order valence-corrected chi connectivity index (χ2v) is 12.7. The number of amides is 3. The van der Waals surface area contributed by atoms with Gasteiger partial charge in [0.15, 0.2) is 0 Å². The molecule has 3 amide bonds. The van der Waals surface area contributed by atoms with E-state index < -0.39 is 17.7 Å². The van der Waals surface area contributed by atoms with E-state index in [2.05, 4.69) is 41.8 Å². The Hall–Kier alpha value is -3.60. The summed E-state index contributed by atoms with van der Waals surface area (Å²) in [7, 11) is 0. The van der Waals surface area contributed by atoms with E-state index in [9.17, 15) is 19.2 Å². The number of hydrogen-bond acceptors (Lipinski definition) is 5. The lowest BCUT2D eigenvalue weighted by atomic mass is 9.80. The Morgan fingerprint density at radius 1 is 0.976 bits per heavy atom. The molecule has 41 heavy (non-hydrogen) atoms. The maximum atomic E-state index is 13.4. The van der Waals surface area contributed by atoms with Crippen LogP contribution in [0.15, 0.2) is 51.7 Å². The first-order valence-corrected chi connectivity index (χ1v) is 14.8. The highest BCUT2D eigenvalue weighted by atomic mass is 79.9. The summed E-state index contributed by atoms with van der Waals surface area (Å²) in [5, 5.41) is 8.70. The van der Waals surface area contributed by atoms with Crippen molar-refractivity contribution in [2.45, 2.75) is 70.9 Å². The summed E-state index contributed by atoms with van der Waals surface area (Å²) in [4.78, 5) is 55.4. The molecule has 11 heteroatoms. The molecule has 0 saturated heterocycles. The van der Waals surface area contributed by atoms with Crippen molar-refractivity contribution in [3.63, 3.8) is 0 Å². The Kier molecular flexibility index (Phi) is 9.90. The Labute approximate surface area is 247 Å². The van der Waals surface area contributed by atoms with E-state index in [1.165, 1.54) is 0 Å². The normalized spacial score (nSPS) is 18.0. The summed E-state index contributed by atoms with van der Waals surface area (Å²) in [5.41, 5.74) is 1.80. The zero-order chi connectivity index (χ0) is 29.6. The van der Waals surface area contributed by atoms with E-state index in [4.69, 9.17) is 4.74 Å². The molecule has 1 saturated carbocycles. The summed E-state index contributed by atoms with van der Waals surface area (Å²) in [6.07, 6.45) is 3.86. The highest BCUT2D eigenvalue weighted by Gasteiger charge is 2.27. The lowest BCUT2D eigenvalue weighted by molar-refractivity contribution is -0.127. The fourth-order valence-electron chi connectivity index (χ4n) is 5.10. The van der Waals surface area contributed by atoms with Crippen molar-refractivity contribution in [2.75, 3.05) is 11.9 Å². The molecule has 1 aliphatic carbocycles. The van der Waals surface area contributed by atoms with Gasteiger partial charge in [-0.3, -0.25) is 9.59 Å². The molecule has 1 aliphatic rings. The van der Waals surface area contributed by atoms with Gasteiger partial charge in [0.05, 0.1) is 11.0 Å².